The molecule has 8 nitrogen and oxygen atoms in total. The van der Waals surface area contributed by atoms with Crippen LogP contribution in [0.3, 0.4) is 0 Å². The van der Waals surface area contributed by atoms with Crippen LogP contribution < -0.4 is 10.3 Å². The molecular weight excluding hydrogens is 387 g/mol. The van der Waals surface area contributed by atoms with Gasteiger partial charge in [-0.3, -0.25) is 10.2 Å². The van der Waals surface area contributed by atoms with Gasteiger partial charge in [0.2, 0.25) is 10.0 Å². The first-order chi connectivity index (χ1) is 13.2. The molecule has 10 heteroatoms. The fourth-order valence-electron chi connectivity index (χ4n) is 3.10. The zero-order chi connectivity index (χ0) is 20.3. The third-order valence-corrected chi connectivity index (χ3v) is 5.94. The van der Waals surface area contributed by atoms with Gasteiger partial charge in [-0.2, -0.15) is 0 Å². The first-order valence-corrected chi connectivity index (χ1v) is 10.6. The van der Waals surface area contributed by atoms with E-state index < -0.39 is 21.7 Å². The van der Waals surface area contributed by atoms with Crippen LogP contribution in [0, 0.1) is 18.7 Å². The summed E-state index contributed by atoms with van der Waals surface area (Å²) in [5.74, 6) is -1.73. The smallest absolute Gasteiger partial charge is 0.269 e. The number of aryl methyl sites for hydroxylation is 2. The van der Waals surface area contributed by atoms with Crippen LogP contribution in [0.1, 0.15) is 28.8 Å². The predicted octanol–water partition coefficient (Wildman–Crippen LogP) is 1.53. The third-order valence-electron chi connectivity index (χ3n) is 4.62. The number of hydrazine groups is 1. The molecule has 1 fully saturated rings. The molecule has 152 valence electrons. The molecule has 3 rings (SSSR count). The molecule has 1 aromatic carbocycles. The Labute approximate surface area is 163 Å². The number of sulfonamides is 1. The highest BCUT2D eigenvalue weighted by molar-refractivity contribution is 7.89. The number of hydrogen-bond acceptors (Lipinski definition) is 5. The second-order valence-corrected chi connectivity index (χ2v) is 8.74. The van der Waals surface area contributed by atoms with Crippen molar-refractivity contribution in [3.8, 4) is 11.3 Å². The zero-order valence-electron chi connectivity index (χ0n) is 15.7. The number of halogens is 1. The van der Waals surface area contributed by atoms with E-state index >= 15 is 0 Å². The highest BCUT2D eigenvalue weighted by Crippen LogP contribution is 2.23. The predicted molar refractivity (Wildman–Crippen MR) is 101 cm³/mol. The van der Waals surface area contributed by atoms with Crippen LogP contribution in [0.2, 0.25) is 0 Å². The Morgan fingerprint density at radius 1 is 1.36 bits per heavy atom. The van der Waals surface area contributed by atoms with E-state index in [-0.39, 0.29) is 22.8 Å². The van der Waals surface area contributed by atoms with Crippen LogP contribution >= 0.6 is 0 Å². The van der Waals surface area contributed by atoms with Crippen molar-refractivity contribution in [1.29, 1.82) is 0 Å². The summed E-state index contributed by atoms with van der Waals surface area (Å²) in [5.41, 5.74) is 3.26. The summed E-state index contributed by atoms with van der Waals surface area (Å²) in [7, 11) is -1.94. The summed E-state index contributed by atoms with van der Waals surface area (Å²) in [5, 5.41) is 0. The number of rotatable bonds is 6. The van der Waals surface area contributed by atoms with Gasteiger partial charge in [-0.25, -0.2) is 17.8 Å². The fraction of sp³-hybridized carbons (Fsp3) is 0.444. The van der Waals surface area contributed by atoms with Gasteiger partial charge >= 0.3 is 0 Å². The molecule has 2 aromatic rings. The summed E-state index contributed by atoms with van der Waals surface area (Å²) in [6.07, 6.45) is 4.63. The van der Waals surface area contributed by atoms with Crippen molar-refractivity contribution < 1.29 is 22.3 Å². The van der Waals surface area contributed by atoms with E-state index in [1.54, 1.807) is 30.2 Å². The average Bonchev–Trinajstić information content (AvgIpc) is 3.09. The molecule has 0 aliphatic carbocycles. The van der Waals surface area contributed by atoms with E-state index in [1.165, 1.54) is 13.0 Å². The Bertz CT molecular complexity index is 968. The lowest BCUT2D eigenvalue weighted by Gasteiger charge is -2.21. The fourth-order valence-corrected chi connectivity index (χ4v) is 4.39. The van der Waals surface area contributed by atoms with Gasteiger partial charge < -0.3 is 9.30 Å². The van der Waals surface area contributed by atoms with Crippen LogP contribution in [-0.2, 0) is 21.8 Å². The molecule has 1 aliphatic rings. The number of aromatic nitrogens is 2. The van der Waals surface area contributed by atoms with Gasteiger partial charge in [0.15, 0.2) is 0 Å². The number of nitrogens with zero attached hydrogens (tertiary/aromatic N) is 2. The van der Waals surface area contributed by atoms with Crippen molar-refractivity contribution >= 4 is 15.9 Å². The van der Waals surface area contributed by atoms with Gasteiger partial charge in [0.1, 0.15) is 5.82 Å². The van der Waals surface area contributed by atoms with E-state index in [1.807, 2.05) is 0 Å². The summed E-state index contributed by atoms with van der Waals surface area (Å²) in [4.78, 5) is 18.7. The van der Waals surface area contributed by atoms with Gasteiger partial charge in [-0.15, -0.1) is 4.83 Å². The average molecular weight is 410 g/mol. The molecule has 2 N–H and O–H groups in total. The van der Waals surface area contributed by atoms with Crippen LogP contribution in [0.4, 0.5) is 4.39 Å². The van der Waals surface area contributed by atoms with Crippen molar-refractivity contribution in [2.45, 2.75) is 19.8 Å². The standard InChI is InChI=1S/C18H23FN4O4S/c1-12-7-14(16-9-23(2)11-20-16)8-15(17(12)19)18(24)21-22-28(25,26)10-13-3-5-27-6-4-13/h7-9,11,13,22H,3-6,10H2,1-2H3,(H,21,24). The van der Waals surface area contributed by atoms with Gasteiger partial charge in [0.05, 0.1) is 23.3 Å². The lowest BCUT2D eigenvalue weighted by atomic mass is 10.0. The summed E-state index contributed by atoms with van der Waals surface area (Å²) in [6, 6.07) is 2.94. The molecule has 0 saturated carbocycles. The first-order valence-electron chi connectivity index (χ1n) is 8.91. The number of carbonyl (C=O) groups is 1. The first kappa shape index (κ1) is 20.4. The van der Waals surface area contributed by atoms with Crippen LogP contribution in [-0.4, -0.2) is 42.8 Å². The molecule has 0 radical (unpaired) electrons. The Kier molecular flexibility index (Phi) is 6.11. The van der Waals surface area contributed by atoms with Crippen LogP contribution in [0.5, 0.6) is 0 Å². The van der Waals surface area contributed by atoms with Crippen molar-refractivity contribution in [3.05, 3.63) is 41.6 Å². The SMILES string of the molecule is Cc1cc(-c2cn(C)cn2)cc(C(=O)NNS(=O)(=O)CC2CCOCC2)c1F. The molecule has 0 unspecified atom stereocenters. The number of nitrogens with one attached hydrogen (secondary N) is 2. The Hall–Kier alpha value is -2.30. The molecule has 0 spiro atoms. The van der Waals surface area contributed by atoms with E-state index in [0.29, 0.717) is 37.3 Å². The minimum absolute atomic E-state index is 0.0328. The lowest BCUT2D eigenvalue weighted by Crippen LogP contribution is -2.44. The van der Waals surface area contributed by atoms with E-state index in [0.717, 1.165) is 0 Å². The molecule has 28 heavy (non-hydrogen) atoms. The Balaban J connectivity index is 1.72. The number of imidazole rings is 1. The summed E-state index contributed by atoms with van der Waals surface area (Å²) >= 11 is 0. The highest BCUT2D eigenvalue weighted by atomic mass is 32.2. The van der Waals surface area contributed by atoms with Gasteiger partial charge in [0.25, 0.3) is 5.91 Å². The van der Waals surface area contributed by atoms with E-state index in [9.17, 15) is 17.6 Å². The molecule has 1 aromatic heterocycles. The number of hydrogen-bond donors (Lipinski definition) is 2. The van der Waals surface area contributed by atoms with Gasteiger partial charge in [-0.1, -0.05) is 0 Å². The molecule has 2 heterocycles. The van der Waals surface area contributed by atoms with Gasteiger partial charge in [-0.05, 0) is 43.4 Å². The third kappa shape index (κ3) is 4.94. The molecule has 1 aliphatic heterocycles. The quantitative estimate of drug-likeness (QED) is 0.703. The highest BCUT2D eigenvalue weighted by Gasteiger charge is 2.23. The molecule has 1 saturated heterocycles. The molecule has 1 amide bonds. The maximum atomic E-state index is 14.5. The lowest BCUT2D eigenvalue weighted by molar-refractivity contribution is 0.0722. The van der Waals surface area contributed by atoms with Crippen molar-refractivity contribution in [1.82, 2.24) is 19.8 Å². The second-order valence-electron chi connectivity index (χ2n) is 6.97. The monoisotopic (exact) mass is 410 g/mol. The maximum absolute atomic E-state index is 14.5. The maximum Gasteiger partial charge on any atom is 0.269 e. The minimum atomic E-state index is -3.74. The zero-order valence-corrected chi connectivity index (χ0v) is 16.6. The van der Waals surface area contributed by atoms with Crippen LogP contribution in [0.25, 0.3) is 11.3 Å². The van der Waals surface area contributed by atoms with Crippen LogP contribution in [0.15, 0.2) is 24.7 Å². The second kappa shape index (κ2) is 8.38. The topological polar surface area (TPSA) is 102 Å². The number of ether oxygens (including phenoxy) is 1. The van der Waals surface area contributed by atoms with Crippen molar-refractivity contribution in [2.24, 2.45) is 13.0 Å². The van der Waals surface area contributed by atoms with E-state index in [2.05, 4.69) is 15.2 Å². The Morgan fingerprint density at radius 2 is 2.07 bits per heavy atom. The largest absolute Gasteiger partial charge is 0.381 e. The summed E-state index contributed by atoms with van der Waals surface area (Å²) in [6.45, 7) is 2.59. The van der Waals surface area contributed by atoms with Crippen molar-refractivity contribution in [2.75, 3.05) is 19.0 Å². The molecule has 0 bridgehead atoms. The van der Waals surface area contributed by atoms with E-state index in [4.69, 9.17) is 4.74 Å². The number of carbonyl (C=O) groups excluding carboxylic acids is 1. The number of amides is 1. The Morgan fingerprint density at radius 3 is 2.71 bits per heavy atom. The number of benzene rings is 1. The molecular formula is C18H23FN4O4S. The van der Waals surface area contributed by atoms with Gasteiger partial charge in [0, 0.05) is 32.0 Å². The minimum Gasteiger partial charge on any atom is -0.381 e. The summed E-state index contributed by atoms with van der Waals surface area (Å²) < 4.78 is 45.8. The molecule has 0 atom stereocenters. The van der Waals surface area contributed by atoms with Crippen molar-refractivity contribution in [3.63, 3.8) is 0 Å². The normalized spacial score (nSPS) is 15.5.